The van der Waals surface area contributed by atoms with Gasteiger partial charge in [-0.3, -0.25) is 9.59 Å². The molecular formula is C31H33ClN2O6. The number of ether oxygens (including phenoxy) is 3. The van der Waals surface area contributed by atoms with Crippen LogP contribution in [0.5, 0.6) is 5.75 Å². The first-order valence-corrected chi connectivity index (χ1v) is 13.3. The van der Waals surface area contributed by atoms with Gasteiger partial charge in [-0.15, -0.1) is 0 Å². The lowest BCUT2D eigenvalue weighted by atomic mass is 9.98. The number of aromatic nitrogens is 1. The van der Waals surface area contributed by atoms with Crippen molar-refractivity contribution in [1.82, 2.24) is 4.57 Å². The van der Waals surface area contributed by atoms with Crippen molar-refractivity contribution in [1.29, 1.82) is 5.26 Å². The largest absolute Gasteiger partial charge is 0.495 e. The Bertz CT molecular complexity index is 1470. The van der Waals surface area contributed by atoms with E-state index in [4.69, 9.17) is 25.8 Å². The quantitative estimate of drug-likeness (QED) is 0.271. The molecule has 0 saturated carbocycles. The molecule has 2 aromatic carbocycles. The van der Waals surface area contributed by atoms with Crippen LogP contribution >= 0.6 is 11.6 Å². The summed E-state index contributed by atoms with van der Waals surface area (Å²) < 4.78 is 17.8. The maximum absolute atomic E-state index is 13.6. The molecule has 1 aromatic heterocycles. The molecule has 8 nitrogen and oxygen atoms in total. The molecule has 40 heavy (non-hydrogen) atoms. The van der Waals surface area contributed by atoms with Crippen molar-refractivity contribution in [2.24, 2.45) is 0 Å². The van der Waals surface area contributed by atoms with Crippen LogP contribution < -0.4 is 10.3 Å². The van der Waals surface area contributed by atoms with Crippen LogP contribution in [0.25, 0.3) is 11.1 Å². The van der Waals surface area contributed by atoms with Crippen LogP contribution in [0.15, 0.2) is 59.5 Å². The minimum atomic E-state index is -0.850. The van der Waals surface area contributed by atoms with E-state index in [-0.39, 0.29) is 31.8 Å². The Morgan fingerprint density at radius 3 is 2.38 bits per heavy atom. The van der Waals surface area contributed by atoms with E-state index in [0.29, 0.717) is 38.6 Å². The van der Waals surface area contributed by atoms with Gasteiger partial charge in [-0.05, 0) is 70.0 Å². The van der Waals surface area contributed by atoms with Gasteiger partial charge in [0.05, 0.1) is 48.8 Å². The van der Waals surface area contributed by atoms with Crippen molar-refractivity contribution in [3.63, 3.8) is 0 Å². The van der Waals surface area contributed by atoms with Crippen LogP contribution in [0.1, 0.15) is 61.6 Å². The number of hydrogen-bond donors (Lipinski definition) is 0. The van der Waals surface area contributed by atoms with E-state index in [1.807, 2.05) is 20.8 Å². The molecule has 0 aliphatic rings. The van der Waals surface area contributed by atoms with E-state index < -0.39 is 23.2 Å². The molecule has 0 amide bonds. The molecule has 1 atom stereocenters. The fourth-order valence-corrected chi connectivity index (χ4v) is 4.38. The molecule has 3 rings (SSSR count). The summed E-state index contributed by atoms with van der Waals surface area (Å²) in [5.41, 5.74) is 1.40. The molecule has 0 bridgehead atoms. The highest BCUT2D eigenvalue weighted by Gasteiger charge is 2.25. The number of esters is 1. The summed E-state index contributed by atoms with van der Waals surface area (Å²) in [6.07, 6.45) is 1.77. The molecule has 9 heteroatoms. The van der Waals surface area contributed by atoms with Gasteiger partial charge in [-0.1, -0.05) is 23.7 Å². The Balaban J connectivity index is 2.00. The second-order valence-corrected chi connectivity index (χ2v) is 10.6. The minimum absolute atomic E-state index is 0.0344. The van der Waals surface area contributed by atoms with E-state index in [9.17, 15) is 19.6 Å². The van der Waals surface area contributed by atoms with Crippen molar-refractivity contribution in [2.75, 3.05) is 20.3 Å². The first kappa shape index (κ1) is 30.6. The number of hydrogen-bond acceptors (Lipinski definition) is 7. The maximum atomic E-state index is 13.6. The van der Waals surface area contributed by atoms with Crippen molar-refractivity contribution >= 4 is 23.4 Å². The van der Waals surface area contributed by atoms with Gasteiger partial charge in [0, 0.05) is 35.2 Å². The van der Waals surface area contributed by atoms with Gasteiger partial charge in [0.15, 0.2) is 5.78 Å². The summed E-state index contributed by atoms with van der Waals surface area (Å²) in [5, 5.41) is 10.00. The van der Waals surface area contributed by atoms with Crippen LogP contribution in [0, 0.1) is 11.3 Å². The monoisotopic (exact) mass is 564 g/mol. The topological polar surface area (TPSA) is 108 Å². The number of halogens is 1. The van der Waals surface area contributed by atoms with Crippen LogP contribution in [-0.2, 0) is 20.7 Å². The molecule has 1 unspecified atom stereocenters. The minimum Gasteiger partial charge on any atom is -0.495 e. The Hall–Kier alpha value is -3.93. The van der Waals surface area contributed by atoms with Crippen LogP contribution in [0.2, 0.25) is 5.02 Å². The van der Waals surface area contributed by atoms with Gasteiger partial charge in [-0.2, -0.15) is 5.26 Å². The van der Waals surface area contributed by atoms with E-state index in [2.05, 4.69) is 6.07 Å². The van der Waals surface area contributed by atoms with Crippen molar-refractivity contribution in [2.45, 2.75) is 52.2 Å². The zero-order valence-corrected chi connectivity index (χ0v) is 24.1. The average Bonchev–Trinajstić information content (AvgIpc) is 2.91. The van der Waals surface area contributed by atoms with Crippen LogP contribution in [0.3, 0.4) is 0 Å². The molecule has 3 aromatic rings. The summed E-state index contributed by atoms with van der Waals surface area (Å²) >= 11 is 6.18. The zero-order chi connectivity index (χ0) is 29.4. The predicted octanol–water partition coefficient (Wildman–Crippen LogP) is 5.78. The molecule has 0 N–H and O–H groups in total. The summed E-state index contributed by atoms with van der Waals surface area (Å²) in [7, 11) is 1.45. The molecule has 0 radical (unpaired) electrons. The number of nitriles is 1. The third-order valence-electron chi connectivity index (χ3n) is 6.13. The van der Waals surface area contributed by atoms with Gasteiger partial charge in [0.25, 0.3) is 5.56 Å². The maximum Gasteiger partial charge on any atom is 0.338 e. The molecule has 0 aliphatic heterocycles. The second-order valence-electron chi connectivity index (χ2n) is 10.1. The molecule has 0 saturated heterocycles. The number of benzene rings is 2. The van der Waals surface area contributed by atoms with Gasteiger partial charge >= 0.3 is 5.97 Å². The van der Waals surface area contributed by atoms with Crippen LogP contribution in [0.4, 0.5) is 0 Å². The SMILES string of the molecule is CCOC(=O)c1ccc(CC(=O)C(CCOC(C)(C)C)n2cc(OC)c(-c3cc(Cl)ccc3C#N)cc2=O)cc1. The molecule has 210 valence electrons. The number of carbonyl (C=O) groups excluding carboxylic acids is 2. The summed E-state index contributed by atoms with van der Waals surface area (Å²) in [6.45, 7) is 7.98. The molecule has 0 aliphatic carbocycles. The molecule has 1 heterocycles. The highest BCUT2D eigenvalue weighted by molar-refractivity contribution is 6.31. The van der Waals surface area contributed by atoms with Gasteiger partial charge in [-0.25, -0.2) is 4.79 Å². The van der Waals surface area contributed by atoms with Gasteiger partial charge in [0.2, 0.25) is 0 Å². The average molecular weight is 565 g/mol. The third-order valence-corrected chi connectivity index (χ3v) is 6.37. The summed E-state index contributed by atoms with van der Waals surface area (Å²) in [6, 6.07) is 14.0. The Kier molecular flexibility index (Phi) is 10.3. The van der Waals surface area contributed by atoms with E-state index in [1.54, 1.807) is 49.4 Å². The number of methoxy groups -OCH3 is 1. The van der Waals surface area contributed by atoms with Crippen LogP contribution in [-0.4, -0.2) is 42.2 Å². The van der Waals surface area contributed by atoms with E-state index in [0.717, 1.165) is 0 Å². The Labute approximate surface area is 239 Å². The second kappa shape index (κ2) is 13.4. The van der Waals surface area contributed by atoms with Gasteiger partial charge in [0.1, 0.15) is 5.75 Å². The third kappa shape index (κ3) is 7.81. The fraction of sp³-hybridized carbons (Fsp3) is 0.355. The van der Waals surface area contributed by atoms with E-state index in [1.165, 1.54) is 23.9 Å². The summed E-state index contributed by atoms with van der Waals surface area (Å²) in [5.74, 6) is -0.332. The molecular weight excluding hydrogens is 532 g/mol. The van der Waals surface area contributed by atoms with Crippen molar-refractivity contribution in [3.05, 3.63) is 86.8 Å². The molecule has 0 spiro atoms. The predicted molar refractivity (Wildman–Crippen MR) is 153 cm³/mol. The first-order valence-electron chi connectivity index (χ1n) is 12.9. The highest BCUT2D eigenvalue weighted by atomic mass is 35.5. The zero-order valence-electron chi connectivity index (χ0n) is 23.3. The number of ketones is 1. The van der Waals surface area contributed by atoms with E-state index >= 15 is 0 Å². The number of pyridine rings is 1. The lowest BCUT2D eigenvalue weighted by Gasteiger charge is -2.24. The Morgan fingerprint density at radius 2 is 1.77 bits per heavy atom. The van der Waals surface area contributed by atoms with Crippen molar-refractivity contribution < 1.29 is 23.8 Å². The first-order chi connectivity index (χ1) is 19.0. The smallest absolute Gasteiger partial charge is 0.338 e. The number of carbonyl (C=O) groups is 2. The standard InChI is InChI=1S/C31H33ClN2O6/c1-6-39-30(37)21-9-7-20(8-10-21)15-27(35)26(13-14-40-31(2,3)4)34-19-28(38-5)25(17-29(34)36)24-16-23(32)12-11-22(24)18-33/h7-12,16-17,19,26H,6,13-15H2,1-5H3. The normalized spacial score (nSPS) is 11.9. The number of nitrogens with zero attached hydrogens (tertiary/aromatic N) is 2. The van der Waals surface area contributed by atoms with Gasteiger partial charge < -0.3 is 18.8 Å². The lowest BCUT2D eigenvalue weighted by Crippen LogP contribution is -2.32. The lowest BCUT2D eigenvalue weighted by molar-refractivity contribution is -0.122. The number of rotatable bonds is 11. The molecule has 0 fully saturated rings. The Morgan fingerprint density at radius 1 is 1.07 bits per heavy atom. The highest BCUT2D eigenvalue weighted by Crippen LogP contribution is 2.33. The number of Topliss-reactive ketones (excluding diaryl/α,β-unsaturated/α-hetero) is 1. The fourth-order valence-electron chi connectivity index (χ4n) is 4.21. The van der Waals surface area contributed by atoms with Crippen molar-refractivity contribution in [3.8, 4) is 22.9 Å². The summed E-state index contributed by atoms with van der Waals surface area (Å²) in [4.78, 5) is 39.1.